The van der Waals surface area contributed by atoms with Gasteiger partial charge in [-0.05, 0) is 58.9 Å². The van der Waals surface area contributed by atoms with E-state index in [1.165, 1.54) is 58.3 Å². The van der Waals surface area contributed by atoms with Crippen molar-refractivity contribution < 1.29 is 0 Å². The van der Waals surface area contributed by atoms with Gasteiger partial charge in [0, 0.05) is 12.1 Å². The van der Waals surface area contributed by atoms with E-state index in [2.05, 4.69) is 16.8 Å². The Bertz CT molecular complexity index is 191. The first kappa shape index (κ1) is 11.4. The molecule has 0 unspecified atom stereocenters. The molecule has 0 aliphatic carbocycles. The van der Waals surface area contributed by atoms with E-state index in [4.69, 9.17) is 5.73 Å². The van der Waals surface area contributed by atoms with Gasteiger partial charge in [0.2, 0.25) is 0 Å². The fourth-order valence-corrected chi connectivity index (χ4v) is 2.78. The molecule has 3 heteroatoms. The van der Waals surface area contributed by atoms with Crippen LogP contribution in [0.5, 0.6) is 0 Å². The van der Waals surface area contributed by atoms with Crippen LogP contribution in [0.3, 0.4) is 0 Å². The van der Waals surface area contributed by atoms with Crippen molar-refractivity contribution in [2.24, 2.45) is 5.73 Å². The van der Waals surface area contributed by atoms with Crippen LogP contribution in [0.15, 0.2) is 0 Å². The maximum Gasteiger partial charge on any atom is 0.0307 e. The maximum absolute atomic E-state index is 6.48. The van der Waals surface area contributed by atoms with Crippen LogP contribution in [0.1, 0.15) is 32.1 Å². The Labute approximate surface area is 93.6 Å². The number of rotatable bonds is 2. The summed E-state index contributed by atoms with van der Waals surface area (Å²) in [7, 11) is 2.19. The van der Waals surface area contributed by atoms with Crippen molar-refractivity contribution in [3.63, 3.8) is 0 Å². The monoisotopic (exact) mass is 211 g/mol. The first-order chi connectivity index (χ1) is 7.18. The summed E-state index contributed by atoms with van der Waals surface area (Å²) in [6.07, 6.45) is 6.49. The predicted molar refractivity (Wildman–Crippen MR) is 63.9 cm³/mol. The molecule has 2 rings (SSSR count). The van der Waals surface area contributed by atoms with Crippen LogP contribution in [-0.4, -0.2) is 55.1 Å². The number of nitrogens with two attached hydrogens (primary N) is 1. The molecule has 0 bridgehead atoms. The van der Waals surface area contributed by atoms with Gasteiger partial charge in [-0.25, -0.2) is 0 Å². The number of piperidine rings is 2. The van der Waals surface area contributed by atoms with Gasteiger partial charge in [0.1, 0.15) is 0 Å². The van der Waals surface area contributed by atoms with E-state index in [9.17, 15) is 0 Å². The molecule has 0 saturated carbocycles. The van der Waals surface area contributed by atoms with Crippen molar-refractivity contribution in [2.45, 2.75) is 37.6 Å². The Morgan fingerprint density at radius 3 is 2.20 bits per heavy atom. The van der Waals surface area contributed by atoms with Crippen molar-refractivity contribution >= 4 is 0 Å². The highest BCUT2D eigenvalue weighted by Crippen LogP contribution is 2.21. The average Bonchev–Trinajstić information content (AvgIpc) is 2.24. The van der Waals surface area contributed by atoms with Gasteiger partial charge < -0.3 is 15.5 Å². The predicted octanol–water partition coefficient (Wildman–Crippen LogP) is 0.895. The van der Waals surface area contributed by atoms with E-state index < -0.39 is 0 Å². The maximum atomic E-state index is 6.48. The summed E-state index contributed by atoms with van der Waals surface area (Å²) in [5.74, 6) is 0. The third-order valence-electron chi connectivity index (χ3n) is 3.97. The van der Waals surface area contributed by atoms with Crippen LogP contribution in [0.25, 0.3) is 0 Å². The summed E-state index contributed by atoms with van der Waals surface area (Å²) in [5.41, 5.74) is 6.58. The number of nitrogens with zero attached hydrogens (tertiary/aromatic N) is 2. The number of hydrogen-bond acceptors (Lipinski definition) is 3. The molecule has 0 amide bonds. The third-order valence-corrected chi connectivity index (χ3v) is 3.97. The van der Waals surface area contributed by atoms with Crippen molar-refractivity contribution in [1.82, 2.24) is 9.80 Å². The zero-order chi connectivity index (χ0) is 10.7. The molecular formula is C12H25N3. The fourth-order valence-electron chi connectivity index (χ4n) is 2.78. The lowest BCUT2D eigenvalue weighted by atomic mass is 9.87. The van der Waals surface area contributed by atoms with Crippen molar-refractivity contribution in [3.8, 4) is 0 Å². The van der Waals surface area contributed by atoms with Gasteiger partial charge in [-0.15, -0.1) is 0 Å². The van der Waals surface area contributed by atoms with Crippen LogP contribution in [0.2, 0.25) is 0 Å². The lowest BCUT2D eigenvalue weighted by Crippen LogP contribution is -2.56. The van der Waals surface area contributed by atoms with Gasteiger partial charge in [0.25, 0.3) is 0 Å². The highest BCUT2D eigenvalue weighted by molar-refractivity contribution is 4.92. The molecule has 3 nitrogen and oxygen atoms in total. The van der Waals surface area contributed by atoms with E-state index in [0.717, 1.165) is 6.54 Å². The molecule has 0 aromatic heterocycles. The molecule has 2 saturated heterocycles. The minimum atomic E-state index is 0.101. The molecule has 2 N–H and O–H groups in total. The van der Waals surface area contributed by atoms with Gasteiger partial charge in [-0.2, -0.15) is 0 Å². The molecule has 0 spiro atoms. The second kappa shape index (κ2) is 4.81. The second-order valence-electron chi connectivity index (χ2n) is 5.50. The third kappa shape index (κ3) is 3.16. The Balaban J connectivity index is 1.81. The first-order valence-electron chi connectivity index (χ1n) is 6.38. The van der Waals surface area contributed by atoms with E-state index in [1.807, 2.05) is 0 Å². The Hall–Kier alpha value is -0.120. The van der Waals surface area contributed by atoms with Gasteiger partial charge >= 0.3 is 0 Å². The summed E-state index contributed by atoms with van der Waals surface area (Å²) in [4.78, 5) is 4.97. The van der Waals surface area contributed by atoms with E-state index >= 15 is 0 Å². The minimum absolute atomic E-state index is 0.101. The SMILES string of the molecule is CN1CCC(N)(CN2CCCCC2)CC1. The Morgan fingerprint density at radius 1 is 1.00 bits per heavy atom. The smallest absolute Gasteiger partial charge is 0.0307 e. The molecule has 88 valence electrons. The lowest BCUT2D eigenvalue weighted by molar-refractivity contribution is 0.121. The summed E-state index contributed by atoms with van der Waals surface area (Å²) in [5, 5.41) is 0. The number of likely N-dealkylation sites (tertiary alicyclic amines) is 2. The van der Waals surface area contributed by atoms with Crippen LogP contribution in [0, 0.1) is 0 Å². The van der Waals surface area contributed by atoms with E-state index in [0.29, 0.717) is 0 Å². The molecule has 2 fully saturated rings. The normalized spacial score (nSPS) is 29.2. The topological polar surface area (TPSA) is 32.5 Å². The number of hydrogen-bond donors (Lipinski definition) is 1. The van der Waals surface area contributed by atoms with Gasteiger partial charge in [0.05, 0.1) is 0 Å². The molecule has 0 atom stereocenters. The van der Waals surface area contributed by atoms with E-state index in [-0.39, 0.29) is 5.54 Å². The van der Waals surface area contributed by atoms with Crippen molar-refractivity contribution in [2.75, 3.05) is 39.8 Å². The average molecular weight is 211 g/mol. The Kier molecular flexibility index (Phi) is 3.65. The van der Waals surface area contributed by atoms with Crippen LogP contribution in [-0.2, 0) is 0 Å². The van der Waals surface area contributed by atoms with Crippen LogP contribution >= 0.6 is 0 Å². The Morgan fingerprint density at radius 2 is 1.60 bits per heavy atom. The summed E-state index contributed by atoms with van der Waals surface area (Å²) in [6, 6.07) is 0. The molecule has 0 aromatic carbocycles. The van der Waals surface area contributed by atoms with Gasteiger partial charge in [-0.3, -0.25) is 0 Å². The standard InChI is InChI=1S/C12H25N3/c1-14-9-5-12(13,6-10-14)11-15-7-3-2-4-8-15/h2-11,13H2,1H3. The zero-order valence-corrected chi connectivity index (χ0v) is 10.0. The minimum Gasteiger partial charge on any atom is -0.324 e. The van der Waals surface area contributed by atoms with E-state index in [1.54, 1.807) is 0 Å². The van der Waals surface area contributed by atoms with Crippen molar-refractivity contribution in [3.05, 3.63) is 0 Å². The van der Waals surface area contributed by atoms with Gasteiger partial charge in [0.15, 0.2) is 0 Å². The quantitative estimate of drug-likeness (QED) is 0.736. The van der Waals surface area contributed by atoms with Crippen LogP contribution in [0.4, 0.5) is 0 Å². The first-order valence-corrected chi connectivity index (χ1v) is 6.38. The molecule has 2 aliphatic heterocycles. The van der Waals surface area contributed by atoms with Gasteiger partial charge in [-0.1, -0.05) is 6.42 Å². The molecule has 15 heavy (non-hydrogen) atoms. The molecule has 2 aliphatic rings. The van der Waals surface area contributed by atoms with Crippen LogP contribution < -0.4 is 5.73 Å². The molecule has 0 radical (unpaired) electrons. The highest BCUT2D eigenvalue weighted by atomic mass is 15.2. The summed E-state index contributed by atoms with van der Waals surface area (Å²) < 4.78 is 0. The molecular weight excluding hydrogens is 186 g/mol. The largest absolute Gasteiger partial charge is 0.324 e. The fraction of sp³-hybridized carbons (Fsp3) is 1.00. The second-order valence-corrected chi connectivity index (χ2v) is 5.50. The summed E-state index contributed by atoms with van der Waals surface area (Å²) >= 11 is 0. The highest BCUT2D eigenvalue weighted by Gasteiger charge is 2.31. The zero-order valence-electron chi connectivity index (χ0n) is 10.0. The lowest BCUT2D eigenvalue weighted by Gasteiger charge is -2.42. The molecule has 2 heterocycles. The summed E-state index contributed by atoms with van der Waals surface area (Å²) in [6.45, 7) is 6.01. The molecule has 0 aromatic rings. The van der Waals surface area contributed by atoms with Crippen molar-refractivity contribution in [1.29, 1.82) is 0 Å².